The van der Waals surface area contributed by atoms with Crippen LogP contribution in [0.1, 0.15) is 245 Å². The summed E-state index contributed by atoms with van der Waals surface area (Å²) >= 11 is 0. The lowest BCUT2D eigenvalue weighted by Crippen LogP contribution is -2.65. The van der Waals surface area contributed by atoms with Crippen LogP contribution in [-0.4, -0.2) is 140 Å². The molecular weight excluding hydrogens is 1110 g/mol. The van der Waals surface area contributed by atoms with Gasteiger partial charge in [-0.1, -0.05) is 257 Å². The lowest BCUT2D eigenvalue weighted by molar-refractivity contribution is -0.359. The molecule has 12 unspecified atom stereocenters. The van der Waals surface area contributed by atoms with Gasteiger partial charge in [0.1, 0.15) is 48.8 Å². The summed E-state index contributed by atoms with van der Waals surface area (Å²) in [5, 5.41) is 87.1. The average Bonchev–Trinajstić information content (AvgIpc) is 2.45. The minimum absolute atomic E-state index is 0.256. The van der Waals surface area contributed by atoms with Gasteiger partial charge in [-0.3, -0.25) is 4.79 Å². The Morgan fingerprint density at radius 3 is 1.25 bits per heavy atom. The highest BCUT2D eigenvalue weighted by Crippen LogP contribution is 2.30. The Labute approximate surface area is 533 Å². The van der Waals surface area contributed by atoms with E-state index in [-0.39, 0.29) is 18.9 Å². The molecule has 0 bridgehead atoms. The first kappa shape index (κ1) is 80.5. The number of allylic oxidation sites excluding steroid dienone is 19. The van der Waals surface area contributed by atoms with Crippen molar-refractivity contribution in [2.75, 3.05) is 19.8 Å². The number of carbonyl (C=O) groups is 1. The molecule has 9 N–H and O–H groups in total. The fourth-order valence-electron chi connectivity index (χ4n) is 10.6. The van der Waals surface area contributed by atoms with E-state index in [4.69, 9.17) is 18.9 Å². The van der Waals surface area contributed by atoms with Crippen LogP contribution in [0.4, 0.5) is 0 Å². The summed E-state index contributed by atoms with van der Waals surface area (Å²) < 4.78 is 22.8. The molecule has 0 spiro atoms. The monoisotopic (exact) mass is 1240 g/mol. The summed E-state index contributed by atoms with van der Waals surface area (Å²) in [5.74, 6) is -0.256. The fourth-order valence-corrected chi connectivity index (χ4v) is 10.6. The van der Waals surface area contributed by atoms with Crippen LogP contribution in [0.2, 0.25) is 0 Å². The molecule has 2 rings (SSSR count). The van der Waals surface area contributed by atoms with Crippen molar-refractivity contribution in [3.8, 4) is 0 Å². The zero-order valence-corrected chi connectivity index (χ0v) is 54.7. The van der Waals surface area contributed by atoms with Crippen LogP contribution >= 0.6 is 0 Å². The van der Waals surface area contributed by atoms with Crippen LogP contribution in [0.15, 0.2) is 122 Å². The Balaban J connectivity index is 1.57. The van der Waals surface area contributed by atoms with Crippen LogP contribution in [0.3, 0.4) is 0 Å². The van der Waals surface area contributed by atoms with Gasteiger partial charge in [-0.2, -0.15) is 0 Å². The van der Waals surface area contributed by atoms with Gasteiger partial charge in [-0.25, -0.2) is 0 Å². The van der Waals surface area contributed by atoms with Crippen LogP contribution < -0.4 is 5.32 Å². The molecule has 12 atom stereocenters. The van der Waals surface area contributed by atoms with E-state index >= 15 is 0 Å². The van der Waals surface area contributed by atoms with Gasteiger partial charge in [-0.15, -0.1) is 0 Å². The zero-order chi connectivity index (χ0) is 63.8. The first-order valence-corrected chi connectivity index (χ1v) is 34.8. The third kappa shape index (κ3) is 41.0. The molecule has 88 heavy (non-hydrogen) atoms. The van der Waals surface area contributed by atoms with Crippen molar-refractivity contribution < 1.29 is 64.6 Å². The molecule has 0 saturated carbocycles. The maximum Gasteiger partial charge on any atom is 0.220 e. The highest BCUT2D eigenvalue weighted by molar-refractivity contribution is 5.76. The van der Waals surface area contributed by atoms with Crippen molar-refractivity contribution in [1.82, 2.24) is 5.32 Å². The molecule has 1 amide bonds. The SMILES string of the molecule is CC/C=C\C/C=C\C/C=C\C/C=C\C/C=C\C/C=C\C/C=C\CCCCCCCCCCCCCCCCCCCCCC(=O)NC(COC1OC(CO)C(OC2OC(CO)C(O)C(O)C2O)C(O)C1O)C(O)/C=C/CC/C=C/CC/C=C/CCCCC. The largest absolute Gasteiger partial charge is 0.394 e. The Kier molecular flexibility index (Phi) is 52.4. The second-order valence-corrected chi connectivity index (χ2v) is 23.9. The highest BCUT2D eigenvalue weighted by Gasteiger charge is 2.51. The van der Waals surface area contributed by atoms with Gasteiger partial charge in [0.2, 0.25) is 5.91 Å². The third-order valence-electron chi connectivity index (χ3n) is 16.1. The number of hydrogen-bond donors (Lipinski definition) is 9. The summed E-state index contributed by atoms with van der Waals surface area (Å²) in [7, 11) is 0. The Morgan fingerprint density at radius 1 is 0.420 bits per heavy atom. The number of unbranched alkanes of at least 4 members (excludes halogenated alkanes) is 24. The molecule has 504 valence electrons. The topological polar surface area (TPSA) is 228 Å². The van der Waals surface area contributed by atoms with Crippen LogP contribution in [0.25, 0.3) is 0 Å². The van der Waals surface area contributed by atoms with E-state index < -0.39 is 86.8 Å². The molecule has 2 aliphatic rings. The van der Waals surface area contributed by atoms with Crippen LogP contribution in [-0.2, 0) is 23.7 Å². The van der Waals surface area contributed by atoms with Gasteiger partial charge in [0.15, 0.2) is 12.6 Å². The normalized spacial score (nSPS) is 23.9. The van der Waals surface area contributed by atoms with E-state index in [1.807, 2.05) is 6.08 Å². The summed E-state index contributed by atoms with van der Waals surface area (Å²) in [6.45, 7) is 2.61. The first-order valence-electron chi connectivity index (χ1n) is 34.8. The van der Waals surface area contributed by atoms with Crippen molar-refractivity contribution in [2.24, 2.45) is 0 Å². The summed E-state index contributed by atoms with van der Waals surface area (Å²) in [5.41, 5.74) is 0. The number of hydrogen-bond acceptors (Lipinski definition) is 13. The van der Waals surface area contributed by atoms with E-state index in [2.05, 4.69) is 129 Å². The molecule has 2 fully saturated rings. The smallest absolute Gasteiger partial charge is 0.220 e. The van der Waals surface area contributed by atoms with Gasteiger partial charge in [0.25, 0.3) is 0 Å². The Hall–Kier alpha value is -3.61. The first-order chi connectivity index (χ1) is 43.1. The molecule has 0 aromatic heterocycles. The highest BCUT2D eigenvalue weighted by atomic mass is 16.7. The number of carbonyl (C=O) groups excluding carboxylic acids is 1. The molecule has 0 aromatic carbocycles. The lowest BCUT2D eigenvalue weighted by Gasteiger charge is -2.46. The molecule has 14 nitrogen and oxygen atoms in total. The van der Waals surface area contributed by atoms with Gasteiger partial charge < -0.3 is 65.1 Å². The second kappa shape index (κ2) is 57.3. The van der Waals surface area contributed by atoms with Gasteiger partial charge in [0, 0.05) is 6.42 Å². The van der Waals surface area contributed by atoms with Crippen molar-refractivity contribution in [3.63, 3.8) is 0 Å². The van der Waals surface area contributed by atoms with E-state index in [0.717, 1.165) is 89.9 Å². The van der Waals surface area contributed by atoms with Crippen molar-refractivity contribution in [3.05, 3.63) is 122 Å². The van der Waals surface area contributed by atoms with E-state index in [0.29, 0.717) is 12.8 Å². The molecule has 2 saturated heterocycles. The maximum absolute atomic E-state index is 13.3. The molecule has 0 aromatic rings. The van der Waals surface area contributed by atoms with Gasteiger partial charge in [0.05, 0.1) is 32.0 Å². The Bertz CT molecular complexity index is 1940. The van der Waals surface area contributed by atoms with Crippen molar-refractivity contribution in [2.45, 2.75) is 319 Å². The number of aliphatic hydroxyl groups excluding tert-OH is 8. The lowest BCUT2D eigenvalue weighted by atomic mass is 9.97. The van der Waals surface area contributed by atoms with Gasteiger partial charge >= 0.3 is 0 Å². The van der Waals surface area contributed by atoms with E-state index in [9.17, 15) is 45.6 Å². The molecule has 0 radical (unpaired) electrons. The van der Waals surface area contributed by atoms with Crippen molar-refractivity contribution in [1.29, 1.82) is 0 Å². The quantitative estimate of drug-likeness (QED) is 0.0204. The molecule has 14 heteroatoms. The van der Waals surface area contributed by atoms with Gasteiger partial charge in [-0.05, 0) is 103 Å². The van der Waals surface area contributed by atoms with E-state index in [1.54, 1.807) is 6.08 Å². The van der Waals surface area contributed by atoms with E-state index in [1.165, 1.54) is 122 Å². The number of aliphatic hydroxyl groups is 8. The third-order valence-corrected chi connectivity index (χ3v) is 16.1. The minimum Gasteiger partial charge on any atom is -0.394 e. The number of ether oxygens (including phenoxy) is 4. The number of amides is 1. The zero-order valence-electron chi connectivity index (χ0n) is 54.7. The number of rotatable bonds is 55. The Morgan fingerprint density at radius 2 is 0.795 bits per heavy atom. The molecule has 2 aliphatic heterocycles. The average molecular weight is 1240 g/mol. The van der Waals surface area contributed by atoms with Crippen molar-refractivity contribution >= 4 is 5.91 Å². The molecule has 0 aliphatic carbocycles. The van der Waals surface area contributed by atoms with Crippen LogP contribution in [0, 0.1) is 0 Å². The van der Waals surface area contributed by atoms with Crippen LogP contribution in [0.5, 0.6) is 0 Å². The standard InChI is InChI=1S/C74H125NO13/c1-3-5-7-9-11-13-15-17-18-19-20-21-22-23-24-25-26-27-28-29-30-31-32-33-34-35-36-37-38-39-40-41-42-43-44-46-48-50-52-54-56-58-66(79)75-62(63(78)57-55-53-51-49-47-45-16-14-12-10-8-6-4-2)61-85-73-71(84)69(82)72(65(60-77)87-73)88-74-70(83)68(81)67(80)64(59-76)86-74/h5,7,11-14,17-18,20-21,23-24,26-27,29-30,47,49,55,57,62-65,67-74,76-78,80-84H,3-4,6,8-10,15-16,19,22,25,28,31-46,48,50-54,56,58-61H2,1-2H3,(H,75,79)/b7-5-,13-11-,14-12+,18-17-,21-20-,24-23-,27-26-,30-29-,49-47+,57-55+. The fraction of sp³-hybridized carbons (Fsp3) is 0.716. The minimum atomic E-state index is -1.80. The maximum atomic E-state index is 13.3. The predicted octanol–water partition coefficient (Wildman–Crippen LogP) is 14.1. The summed E-state index contributed by atoms with van der Waals surface area (Å²) in [6, 6.07) is -0.942. The molecule has 2 heterocycles. The molecular formula is C74H125NO13. The second-order valence-electron chi connectivity index (χ2n) is 23.9. The number of nitrogens with one attached hydrogen (secondary N) is 1. The predicted molar refractivity (Wildman–Crippen MR) is 359 cm³/mol. The summed E-state index contributed by atoms with van der Waals surface area (Å²) in [6.07, 6.45) is 67.1. The summed E-state index contributed by atoms with van der Waals surface area (Å²) in [4.78, 5) is 13.3.